The molecule has 27 heavy (non-hydrogen) atoms. The lowest BCUT2D eigenvalue weighted by Gasteiger charge is -2.10. The summed E-state index contributed by atoms with van der Waals surface area (Å²) in [5.41, 5.74) is 2.40. The van der Waals surface area contributed by atoms with Crippen LogP contribution in [0.1, 0.15) is 5.56 Å². The molecule has 0 aliphatic carbocycles. The van der Waals surface area contributed by atoms with Crippen molar-refractivity contribution in [3.63, 3.8) is 0 Å². The summed E-state index contributed by atoms with van der Waals surface area (Å²) < 4.78 is 18.8. The van der Waals surface area contributed by atoms with Gasteiger partial charge in [-0.25, -0.2) is 4.39 Å². The predicted molar refractivity (Wildman–Crippen MR) is 106 cm³/mol. The van der Waals surface area contributed by atoms with E-state index in [4.69, 9.17) is 16.3 Å². The van der Waals surface area contributed by atoms with Crippen LogP contribution in [0.2, 0.25) is 5.02 Å². The molecule has 0 radical (unpaired) electrons. The van der Waals surface area contributed by atoms with Crippen molar-refractivity contribution >= 4 is 28.9 Å². The van der Waals surface area contributed by atoms with E-state index in [1.54, 1.807) is 12.1 Å². The molecule has 3 aromatic rings. The zero-order valence-electron chi connectivity index (χ0n) is 14.4. The second-order valence-electron chi connectivity index (χ2n) is 5.83. The third-order valence-corrected chi connectivity index (χ3v) is 4.03. The largest absolute Gasteiger partial charge is 0.484 e. The standard InChI is InChI=1S/C21H18ClFN2O2/c22-19-12-17(9-10-20(19)23)24-13-15-5-4-8-18(11-15)27-14-21(26)25-16-6-2-1-3-7-16/h1-12,24H,13-14H2,(H,25,26). The number of rotatable bonds is 7. The van der Waals surface area contributed by atoms with Crippen LogP contribution in [0, 0.1) is 5.82 Å². The van der Waals surface area contributed by atoms with Gasteiger partial charge in [0, 0.05) is 17.9 Å². The van der Waals surface area contributed by atoms with Crippen LogP contribution >= 0.6 is 11.6 Å². The Kier molecular flexibility index (Phi) is 6.28. The molecule has 0 saturated heterocycles. The molecule has 0 bridgehead atoms. The highest BCUT2D eigenvalue weighted by atomic mass is 35.5. The molecule has 3 rings (SSSR count). The molecule has 2 N–H and O–H groups in total. The summed E-state index contributed by atoms with van der Waals surface area (Å²) in [7, 11) is 0. The van der Waals surface area contributed by atoms with Gasteiger partial charge in [-0.3, -0.25) is 4.79 Å². The molecular formula is C21H18ClFN2O2. The minimum absolute atomic E-state index is 0.0708. The molecule has 6 heteroatoms. The van der Waals surface area contributed by atoms with Gasteiger partial charge in [0.15, 0.2) is 6.61 Å². The molecule has 3 aromatic carbocycles. The van der Waals surface area contributed by atoms with Gasteiger partial charge in [-0.15, -0.1) is 0 Å². The number of amides is 1. The third kappa shape index (κ3) is 5.72. The molecule has 0 atom stereocenters. The number of carbonyl (C=O) groups is 1. The van der Waals surface area contributed by atoms with Crippen LogP contribution in [-0.2, 0) is 11.3 Å². The Labute approximate surface area is 161 Å². The van der Waals surface area contributed by atoms with E-state index in [0.29, 0.717) is 12.3 Å². The number of para-hydroxylation sites is 1. The van der Waals surface area contributed by atoms with Crippen molar-refractivity contribution in [2.45, 2.75) is 6.54 Å². The molecule has 1 amide bonds. The Morgan fingerprint density at radius 2 is 1.78 bits per heavy atom. The normalized spacial score (nSPS) is 10.3. The lowest BCUT2D eigenvalue weighted by atomic mass is 10.2. The first kappa shape index (κ1) is 18.7. The van der Waals surface area contributed by atoms with Gasteiger partial charge in [0.25, 0.3) is 5.91 Å². The topological polar surface area (TPSA) is 50.4 Å². The first-order valence-electron chi connectivity index (χ1n) is 8.36. The first-order valence-corrected chi connectivity index (χ1v) is 8.73. The summed E-state index contributed by atoms with van der Waals surface area (Å²) in [5, 5.41) is 6.00. The summed E-state index contributed by atoms with van der Waals surface area (Å²) in [6.45, 7) is 0.425. The van der Waals surface area contributed by atoms with Crippen LogP contribution in [0.4, 0.5) is 15.8 Å². The number of carbonyl (C=O) groups excluding carboxylic acids is 1. The van der Waals surface area contributed by atoms with Crippen LogP contribution in [0.15, 0.2) is 72.8 Å². The van der Waals surface area contributed by atoms with E-state index in [9.17, 15) is 9.18 Å². The minimum atomic E-state index is -0.452. The maximum atomic E-state index is 13.2. The fourth-order valence-electron chi connectivity index (χ4n) is 2.42. The maximum absolute atomic E-state index is 13.2. The molecule has 0 saturated carbocycles. The predicted octanol–water partition coefficient (Wildman–Crippen LogP) is 5.11. The number of anilines is 2. The maximum Gasteiger partial charge on any atom is 0.262 e. The molecule has 138 valence electrons. The molecular weight excluding hydrogens is 367 g/mol. The van der Waals surface area contributed by atoms with Crippen LogP contribution in [0.3, 0.4) is 0 Å². The minimum Gasteiger partial charge on any atom is -0.484 e. The Balaban J connectivity index is 1.52. The van der Waals surface area contributed by atoms with Gasteiger partial charge in [0.2, 0.25) is 0 Å². The summed E-state index contributed by atoms with van der Waals surface area (Å²) in [5.74, 6) is -0.0910. The van der Waals surface area contributed by atoms with Gasteiger partial charge < -0.3 is 15.4 Å². The van der Waals surface area contributed by atoms with Gasteiger partial charge in [0.05, 0.1) is 5.02 Å². The van der Waals surface area contributed by atoms with Crippen LogP contribution in [0.5, 0.6) is 5.75 Å². The van der Waals surface area contributed by atoms with Gasteiger partial charge in [-0.2, -0.15) is 0 Å². The highest BCUT2D eigenvalue weighted by molar-refractivity contribution is 6.31. The fraction of sp³-hybridized carbons (Fsp3) is 0.0952. The zero-order chi connectivity index (χ0) is 19.1. The van der Waals surface area contributed by atoms with E-state index in [-0.39, 0.29) is 17.5 Å². The monoisotopic (exact) mass is 384 g/mol. The van der Waals surface area contributed by atoms with Gasteiger partial charge in [-0.1, -0.05) is 41.9 Å². The van der Waals surface area contributed by atoms with Gasteiger partial charge in [-0.05, 0) is 48.0 Å². The van der Waals surface area contributed by atoms with E-state index in [0.717, 1.165) is 16.9 Å². The fourth-order valence-corrected chi connectivity index (χ4v) is 2.60. The molecule has 0 aliphatic rings. The molecule has 0 heterocycles. The van der Waals surface area contributed by atoms with Crippen molar-refractivity contribution in [2.75, 3.05) is 17.2 Å². The van der Waals surface area contributed by atoms with Crippen molar-refractivity contribution in [3.05, 3.63) is 89.2 Å². The average Bonchev–Trinajstić information content (AvgIpc) is 2.68. The number of hydrogen-bond donors (Lipinski definition) is 2. The molecule has 0 spiro atoms. The van der Waals surface area contributed by atoms with Crippen LogP contribution < -0.4 is 15.4 Å². The van der Waals surface area contributed by atoms with E-state index in [2.05, 4.69) is 10.6 Å². The van der Waals surface area contributed by atoms with Gasteiger partial charge in [0.1, 0.15) is 11.6 Å². The number of benzene rings is 3. The summed E-state index contributed by atoms with van der Waals surface area (Å²) in [4.78, 5) is 11.9. The molecule has 0 aliphatic heterocycles. The lowest BCUT2D eigenvalue weighted by molar-refractivity contribution is -0.118. The average molecular weight is 385 g/mol. The Hall–Kier alpha value is -3.05. The SMILES string of the molecule is O=C(COc1cccc(CNc2ccc(F)c(Cl)c2)c1)Nc1ccccc1. The van der Waals surface area contributed by atoms with Crippen molar-refractivity contribution in [2.24, 2.45) is 0 Å². The van der Waals surface area contributed by atoms with E-state index < -0.39 is 5.82 Å². The molecule has 0 aromatic heterocycles. The Morgan fingerprint density at radius 1 is 0.963 bits per heavy atom. The van der Waals surface area contributed by atoms with Crippen LogP contribution in [-0.4, -0.2) is 12.5 Å². The lowest BCUT2D eigenvalue weighted by Crippen LogP contribution is -2.20. The number of ether oxygens (including phenoxy) is 1. The zero-order valence-corrected chi connectivity index (χ0v) is 15.2. The summed E-state index contributed by atoms with van der Waals surface area (Å²) in [6.07, 6.45) is 0. The van der Waals surface area contributed by atoms with Gasteiger partial charge >= 0.3 is 0 Å². The van der Waals surface area contributed by atoms with Crippen molar-refractivity contribution < 1.29 is 13.9 Å². The smallest absolute Gasteiger partial charge is 0.262 e. The van der Waals surface area contributed by atoms with E-state index in [1.165, 1.54) is 12.1 Å². The second kappa shape index (κ2) is 9.05. The molecule has 0 fully saturated rings. The van der Waals surface area contributed by atoms with E-state index in [1.807, 2.05) is 48.5 Å². The molecule has 4 nitrogen and oxygen atoms in total. The highest BCUT2D eigenvalue weighted by Gasteiger charge is 2.05. The second-order valence-corrected chi connectivity index (χ2v) is 6.24. The number of halogens is 2. The summed E-state index contributed by atoms with van der Waals surface area (Å²) in [6, 6.07) is 21.1. The summed E-state index contributed by atoms with van der Waals surface area (Å²) >= 11 is 5.78. The highest BCUT2D eigenvalue weighted by Crippen LogP contribution is 2.20. The quantitative estimate of drug-likeness (QED) is 0.595. The Morgan fingerprint density at radius 3 is 2.56 bits per heavy atom. The van der Waals surface area contributed by atoms with Crippen molar-refractivity contribution in [1.82, 2.24) is 0 Å². The van der Waals surface area contributed by atoms with Crippen molar-refractivity contribution in [1.29, 1.82) is 0 Å². The van der Waals surface area contributed by atoms with Crippen LogP contribution in [0.25, 0.3) is 0 Å². The third-order valence-electron chi connectivity index (χ3n) is 3.74. The van der Waals surface area contributed by atoms with Crippen molar-refractivity contribution in [3.8, 4) is 5.75 Å². The first-order chi connectivity index (χ1) is 13.1. The number of nitrogens with one attached hydrogen (secondary N) is 2. The Bertz CT molecular complexity index is 919. The molecule has 0 unspecified atom stereocenters. The van der Waals surface area contributed by atoms with E-state index >= 15 is 0 Å². The number of hydrogen-bond acceptors (Lipinski definition) is 3.